The van der Waals surface area contributed by atoms with E-state index in [1.165, 1.54) is 11.3 Å². The number of amides is 2. The Morgan fingerprint density at radius 2 is 1.83 bits per heavy atom. The van der Waals surface area contributed by atoms with Crippen LogP contribution in [0.4, 0.5) is 11.4 Å². The van der Waals surface area contributed by atoms with Gasteiger partial charge in [0.2, 0.25) is 5.91 Å². The minimum absolute atomic E-state index is 0.0533. The molecule has 7 nitrogen and oxygen atoms in total. The second kappa shape index (κ2) is 8.54. The van der Waals surface area contributed by atoms with Gasteiger partial charge in [0.25, 0.3) is 11.5 Å². The van der Waals surface area contributed by atoms with E-state index in [1.807, 2.05) is 41.8 Å². The quantitative estimate of drug-likeness (QED) is 0.587. The molecule has 1 saturated heterocycles. The third kappa shape index (κ3) is 4.13. The Bertz CT molecular complexity index is 1120. The van der Waals surface area contributed by atoms with Gasteiger partial charge in [-0.2, -0.15) is 0 Å². The van der Waals surface area contributed by atoms with Crippen LogP contribution in [-0.4, -0.2) is 29.9 Å². The number of piperidine rings is 1. The first kappa shape index (κ1) is 19.9. The lowest BCUT2D eigenvalue weighted by Gasteiger charge is -2.33. The Morgan fingerprint density at radius 1 is 1.07 bits per heavy atom. The van der Waals surface area contributed by atoms with Crippen LogP contribution in [0.25, 0.3) is 10.6 Å². The van der Waals surface area contributed by atoms with E-state index in [2.05, 4.69) is 15.2 Å². The lowest BCUT2D eigenvalue weighted by molar-refractivity contribution is -0.122. The third-order valence-electron chi connectivity index (χ3n) is 5.33. The van der Waals surface area contributed by atoms with Crippen molar-refractivity contribution in [3.8, 4) is 10.6 Å². The first-order valence-corrected chi connectivity index (χ1v) is 10.6. The number of hydrogen-bond acceptors (Lipinski definition) is 5. The molecule has 1 aliphatic heterocycles. The van der Waals surface area contributed by atoms with E-state index in [-0.39, 0.29) is 17.4 Å². The largest absolute Gasteiger partial charge is 0.370 e. The summed E-state index contributed by atoms with van der Waals surface area (Å²) in [4.78, 5) is 42.5. The van der Waals surface area contributed by atoms with Crippen LogP contribution in [0.15, 0.2) is 58.7 Å². The summed E-state index contributed by atoms with van der Waals surface area (Å²) in [6.45, 7) is 1.35. The highest BCUT2D eigenvalue weighted by atomic mass is 32.1. The van der Waals surface area contributed by atoms with Crippen LogP contribution in [-0.2, 0) is 4.79 Å². The Kier molecular flexibility index (Phi) is 5.67. The van der Waals surface area contributed by atoms with Crippen LogP contribution >= 0.6 is 11.3 Å². The number of carbonyl (C=O) groups is 2. The van der Waals surface area contributed by atoms with Crippen LogP contribution in [0, 0.1) is 5.92 Å². The topological polar surface area (TPSA) is 108 Å². The highest BCUT2D eigenvalue weighted by molar-refractivity contribution is 7.13. The molecule has 154 valence electrons. The Labute approximate surface area is 177 Å². The minimum atomic E-state index is -0.464. The SMILES string of the molecule is NC(=O)C1CCN(c2ccccc2NC(=O)c2ccc(-c3cccs3)[nH]c2=O)CC1. The predicted octanol–water partition coefficient (Wildman–Crippen LogP) is 3.06. The van der Waals surface area contributed by atoms with Gasteiger partial charge >= 0.3 is 0 Å². The summed E-state index contributed by atoms with van der Waals surface area (Å²) in [5.41, 5.74) is 7.21. The first-order valence-electron chi connectivity index (χ1n) is 9.75. The van der Waals surface area contributed by atoms with E-state index in [0.29, 0.717) is 37.3 Å². The number of anilines is 2. The van der Waals surface area contributed by atoms with E-state index in [0.717, 1.165) is 10.6 Å². The molecule has 0 atom stereocenters. The van der Waals surface area contributed by atoms with Gasteiger partial charge in [0, 0.05) is 19.0 Å². The zero-order valence-electron chi connectivity index (χ0n) is 16.3. The standard InChI is InChI=1S/C22H22N4O3S/c23-20(27)14-9-11-26(12-10-14)18-5-2-1-4-16(18)24-21(28)15-7-8-17(25-22(15)29)19-6-3-13-30-19/h1-8,13-14H,9-12H2,(H2,23,27)(H,24,28)(H,25,29). The van der Waals surface area contributed by atoms with Gasteiger partial charge in [0.15, 0.2) is 0 Å². The molecular formula is C22H22N4O3S. The van der Waals surface area contributed by atoms with Crippen LogP contribution in [0.2, 0.25) is 0 Å². The number of aromatic nitrogens is 1. The maximum Gasteiger partial charge on any atom is 0.261 e. The molecule has 3 aromatic rings. The lowest BCUT2D eigenvalue weighted by Crippen LogP contribution is -2.39. The molecule has 1 aliphatic rings. The predicted molar refractivity (Wildman–Crippen MR) is 119 cm³/mol. The van der Waals surface area contributed by atoms with Gasteiger partial charge in [-0.25, -0.2) is 0 Å². The first-order chi connectivity index (χ1) is 14.5. The monoisotopic (exact) mass is 422 g/mol. The van der Waals surface area contributed by atoms with Gasteiger partial charge in [-0.05, 0) is 48.6 Å². The van der Waals surface area contributed by atoms with Crippen molar-refractivity contribution < 1.29 is 9.59 Å². The van der Waals surface area contributed by atoms with Crippen molar-refractivity contribution in [2.24, 2.45) is 11.7 Å². The molecule has 4 N–H and O–H groups in total. The number of nitrogens with one attached hydrogen (secondary N) is 2. The van der Waals surface area contributed by atoms with Gasteiger partial charge in [-0.15, -0.1) is 11.3 Å². The summed E-state index contributed by atoms with van der Waals surface area (Å²) in [7, 11) is 0. The highest BCUT2D eigenvalue weighted by Gasteiger charge is 2.25. The molecule has 4 rings (SSSR count). The number of para-hydroxylation sites is 2. The summed E-state index contributed by atoms with van der Waals surface area (Å²) in [6, 6.07) is 14.6. The normalized spacial score (nSPS) is 14.5. The molecule has 0 saturated carbocycles. The third-order valence-corrected chi connectivity index (χ3v) is 6.23. The zero-order chi connectivity index (χ0) is 21.1. The number of aromatic amines is 1. The number of rotatable bonds is 5. The molecule has 2 amide bonds. The number of H-pyrrole nitrogens is 1. The van der Waals surface area contributed by atoms with E-state index in [9.17, 15) is 14.4 Å². The van der Waals surface area contributed by atoms with E-state index in [1.54, 1.807) is 12.1 Å². The number of nitrogens with zero attached hydrogens (tertiary/aromatic N) is 1. The van der Waals surface area contributed by atoms with Gasteiger partial charge < -0.3 is 20.9 Å². The summed E-state index contributed by atoms with van der Waals surface area (Å²) in [5.74, 6) is -0.835. The number of pyridine rings is 1. The highest BCUT2D eigenvalue weighted by Crippen LogP contribution is 2.30. The number of thiophene rings is 1. The van der Waals surface area contributed by atoms with E-state index in [4.69, 9.17) is 5.73 Å². The second-order valence-electron chi connectivity index (χ2n) is 7.23. The van der Waals surface area contributed by atoms with Crippen LogP contribution in [0.5, 0.6) is 0 Å². The van der Waals surface area contributed by atoms with Crippen molar-refractivity contribution in [3.05, 3.63) is 69.8 Å². The molecule has 0 unspecified atom stereocenters. The van der Waals surface area contributed by atoms with Gasteiger partial charge in [-0.1, -0.05) is 18.2 Å². The number of nitrogens with two attached hydrogens (primary N) is 1. The minimum Gasteiger partial charge on any atom is -0.370 e. The van der Waals surface area contributed by atoms with Gasteiger partial charge in [-0.3, -0.25) is 14.4 Å². The van der Waals surface area contributed by atoms with Crippen LogP contribution < -0.4 is 21.5 Å². The molecule has 1 fully saturated rings. The van der Waals surface area contributed by atoms with E-state index >= 15 is 0 Å². The average Bonchev–Trinajstić information content (AvgIpc) is 3.29. The van der Waals surface area contributed by atoms with Crippen molar-refractivity contribution in [1.29, 1.82) is 0 Å². The van der Waals surface area contributed by atoms with Crippen molar-refractivity contribution in [2.45, 2.75) is 12.8 Å². The Balaban J connectivity index is 1.52. The summed E-state index contributed by atoms with van der Waals surface area (Å²) < 4.78 is 0. The maximum absolute atomic E-state index is 12.8. The average molecular weight is 423 g/mol. The molecule has 8 heteroatoms. The number of hydrogen-bond donors (Lipinski definition) is 3. The van der Waals surface area contributed by atoms with Gasteiger partial charge in [0.05, 0.1) is 21.9 Å². The Morgan fingerprint density at radius 3 is 2.50 bits per heavy atom. The van der Waals surface area contributed by atoms with Crippen molar-refractivity contribution in [2.75, 3.05) is 23.3 Å². The molecular weight excluding hydrogens is 400 g/mol. The van der Waals surface area contributed by atoms with Crippen molar-refractivity contribution in [3.63, 3.8) is 0 Å². The zero-order valence-corrected chi connectivity index (χ0v) is 17.1. The fourth-order valence-corrected chi connectivity index (χ4v) is 4.38. The summed E-state index contributed by atoms with van der Waals surface area (Å²) >= 11 is 1.52. The van der Waals surface area contributed by atoms with E-state index < -0.39 is 11.5 Å². The molecule has 0 radical (unpaired) electrons. The van der Waals surface area contributed by atoms with Crippen molar-refractivity contribution >= 4 is 34.5 Å². The lowest BCUT2D eigenvalue weighted by atomic mass is 9.96. The molecule has 2 aromatic heterocycles. The van der Waals surface area contributed by atoms with Crippen LogP contribution in [0.1, 0.15) is 23.2 Å². The van der Waals surface area contributed by atoms with Crippen LogP contribution in [0.3, 0.4) is 0 Å². The number of primary amides is 1. The fraction of sp³-hybridized carbons (Fsp3) is 0.227. The molecule has 30 heavy (non-hydrogen) atoms. The molecule has 0 spiro atoms. The molecule has 3 heterocycles. The second-order valence-corrected chi connectivity index (χ2v) is 8.17. The Hall–Kier alpha value is -3.39. The number of benzene rings is 1. The van der Waals surface area contributed by atoms with Gasteiger partial charge in [0.1, 0.15) is 5.56 Å². The summed E-state index contributed by atoms with van der Waals surface area (Å²) in [5, 5.41) is 4.79. The number of carbonyl (C=O) groups excluding carboxylic acids is 2. The smallest absolute Gasteiger partial charge is 0.261 e. The summed E-state index contributed by atoms with van der Waals surface area (Å²) in [6.07, 6.45) is 1.36. The fourth-order valence-electron chi connectivity index (χ4n) is 3.68. The van der Waals surface area contributed by atoms with Crippen molar-refractivity contribution in [1.82, 2.24) is 4.98 Å². The molecule has 0 aliphatic carbocycles. The maximum atomic E-state index is 12.8. The molecule has 0 bridgehead atoms. The molecule has 1 aromatic carbocycles.